The van der Waals surface area contributed by atoms with Crippen molar-refractivity contribution in [2.45, 2.75) is 39.7 Å². The number of rotatable bonds is 5. The third kappa shape index (κ3) is 4.41. The Morgan fingerprint density at radius 1 is 1.59 bits per heavy atom. The molecule has 0 aromatic carbocycles. The van der Waals surface area contributed by atoms with Crippen LogP contribution in [-0.2, 0) is 4.79 Å². The Morgan fingerprint density at radius 2 is 2.18 bits per heavy atom. The topological polar surface area (TPSA) is 57.5 Å². The first-order chi connectivity index (χ1) is 7.71. The van der Waals surface area contributed by atoms with Gasteiger partial charge in [-0.15, -0.1) is 11.3 Å². The number of aliphatic hydroxyl groups excluding tert-OH is 1. The van der Waals surface area contributed by atoms with Crippen molar-refractivity contribution in [3.8, 4) is 0 Å². The molecule has 1 aromatic rings. The summed E-state index contributed by atoms with van der Waals surface area (Å²) in [5.74, 6) is -0.830. The van der Waals surface area contributed by atoms with Gasteiger partial charge in [0.25, 0.3) is 0 Å². The third-order valence-electron chi connectivity index (χ3n) is 2.51. The highest BCUT2D eigenvalue weighted by Gasteiger charge is 2.27. The number of aryl methyl sites for hydroxylation is 1. The van der Waals surface area contributed by atoms with Crippen molar-refractivity contribution in [2.24, 2.45) is 5.41 Å². The van der Waals surface area contributed by atoms with Crippen LogP contribution in [0.15, 0.2) is 10.5 Å². The van der Waals surface area contributed by atoms with E-state index in [1.165, 1.54) is 11.3 Å². The molecule has 0 spiro atoms. The molecule has 1 rings (SSSR count). The summed E-state index contributed by atoms with van der Waals surface area (Å²) in [6.07, 6.45) is -0.110. The van der Waals surface area contributed by atoms with Crippen molar-refractivity contribution in [1.82, 2.24) is 0 Å². The molecule has 2 N–H and O–H groups in total. The Morgan fingerprint density at radius 3 is 2.59 bits per heavy atom. The molecule has 0 fully saturated rings. The predicted molar refractivity (Wildman–Crippen MR) is 72.4 cm³/mol. The summed E-state index contributed by atoms with van der Waals surface area (Å²) < 4.78 is 0.902. The van der Waals surface area contributed by atoms with E-state index in [0.29, 0.717) is 6.42 Å². The van der Waals surface area contributed by atoms with Gasteiger partial charge in [0.15, 0.2) is 0 Å². The summed E-state index contributed by atoms with van der Waals surface area (Å²) in [5.41, 5.74) is -0.414. The maximum atomic E-state index is 10.7. The smallest absolute Gasteiger partial charge is 0.303 e. The van der Waals surface area contributed by atoms with Crippen LogP contribution in [0.4, 0.5) is 0 Å². The number of thiophene rings is 1. The second-order valence-corrected chi connectivity index (χ2v) is 7.17. The van der Waals surface area contributed by atoms with Gasteiger partial charge in [0.05, 0.1) is 12.5 Å². The van der Waals surface area contributed by atoms with Crippen molar-refractivity contribution >= 4 is 33.2 Å². The van der Waals surface area contributed by atoms with E-state index in [1.54, 1.807) is 0 Å². The summed E-state index contributed by atoms with van der Waals surface area (Å²) in [7, 11) is 0. The van der Waals surface area contributed by atoms with Crippen molar-refractivity contribution in [1.29, 1.82) is 0 Å². The van der Waals surface area contributed by atoms with Gasteiger partial charge in [-0.25, -0.2) is 0 Å². The first kappa shape index (κ1) is 14.7. The quantitative estimate of drug-likeness (QED) is 0.868. The molecule has 1 aromatic heterocycles. The molecule has 3 nitrogen and oxygen atoms in total. The minimum Gasteiger partial charge on any atom is -0.481 e. The molecule has 1 atom stereocenters. The lowest BCUT2D eigenvalue weighted by molar-refractivity contribution is -0.139. The van der Waals surface area contributed by atoms with Gasteiger partial charge >= 0.3 is 5.97 Å². The van der Waals surface area contributed by atoms with Gasteiger partial charge in [0.1, 0.15) is 0 Å². The first-order valence-corrected chi connectivity index (χ1v) is 6.98. The second kappa shape index (κ2) is 5.50. The second-order valence-electron chi connectivity index (χ2n) is 5.02. The Bertz CT molecular complexity index is 412. The maximum Gasteiger partial charge on any atom is 0.303 e. The van der Waals surface area contributed by atoms with Crippen molar-refractivity contribution in [3.63, 3.8) is 0 Å². The van der Waals surface area contributed by atoms with E-state index in [1.807, 2.05) is 26.8 Å². The van der Waals surface area contributed by atoms with Crippen LogP contribution in [0.2, 0.25) is 0 Å². The minimum atomic E-state index is -0.830. The normalized spacial score (nSPS) is 13.7. The molecule has 1 heterocycles. The largest absolute Gasteiger partial charge is 0.481 e. The molecule has 1 unspecified atom stereocenters. The fraction of sp³-hybridized carbons (Fsp3) is 0.583. The van der Waals surface area contributed by atoms with Gasteiger partial charge in [-0.05, 0) is 40.8 Å². The van der Waals surface area contributed by atoms with Gasteiger partial charge in [-0.3, -0.25) is 4.79 Å². The Balaban J connectivity index is 2.75. The molecule has 17 heavy (non-hydrogen) atoms. The summed E-state index contributed by atoms with van der Waals surface area (Å²) in [6, 6.07) is 1.97. The van der Waals surface area contributed by atoms with Crippen LogP contribution in [0.3, 0.4) is 0 Å². The highest BCUT2D eigenvalue weighted by atomic mass is 79.9. The van der Waals surface area contributed by atoms with E-state index >= 15 is 0 Å². The monoisotopic (exact) mass is 320 g/mol. The molecular formula is C12H17BrO3S. The zero-order valence-corrected chi connectivity index (χ0v) is 12.6. The molecular weight excluding hydrogens is 304 g/mol. The SMILES string of the molecule is Cc1cc(Br)c(C(O)CC(C)(C)CC(=O)O)s1. The number of aliphatic carboxylic acids is 1. The van der Waals surface area contributed by atoms with Gasteiger partial charge in [-0.1, -0.05) is 13.8 Å². The molecule has 0 radical (unpaired) electrons. The molecule has 0 saturated carbocycles. The van der Waals surface area contributed by atoms with Gasteiger partial charge < -0.3 is 10.2 Å². The van der Waals surface area contributed by atoms with E-state index in [-0.39, 0.29) is 6.42 Å². The lowest BCUT2D eigenvalue weighted by Crippen LogP contribution is -2.19. The molecule has 0 bridgehead atoms. The number of carbonyl (C=O) groups is 1. The van der Waals surface area contributed by atoms with Crippen LogP contribution in [0.1, 0.15) is 42.5 Å². The zero-order chi connectivity index (χ0) is 13.2. The Labute approximate surface area is 114 Å². The average Bonchev–Trinajstić information content (AvgIpc) is 2.41. The number of hydrogen-bond acceptors (Lipinski definition) is 3. The van der Waals surface area contributed by atoms with Crippen molar-refractivity contribution < 1.29 is 15.0 Å². The fourth-order valence-corrected chi connectivity index (χ4v) is 3.73. The van der Waals surface area contributed by atoms with Crippen LogP contribution in [0.25, 0.3) is 0 Å². The number of aliphatic hydroxyl groups is 1. The standard InChI is InChI=1S/C12H17BrO3S/c1-7-4-8(13)11(17-7)9(14)5-12(2,3)6-10(15)16/h4,9,14H,5-6H2,1-3H3,(H,15,16). The van der Waals surface area contributed by atoms with E-state index in [2.05, 4.69) is 15.9 Å². The highest BCUT2D eigenvalue weighted by molar-refractivity contribution is 9.10. The Hall–Kier alpha value is -0.390. The predicted octanol–water partition coefficient (Wildman–Crippen LogP) is 3.74. The molecule has 96 valence electrons. The van der Waals surface area contributed by atoms with E-state index in [0.717, 1.165) is 14.2 Å². The molecule has 0 aliphatic rings. The third-order valence-corrected chi connectivity index (χ3v) is 4.58. The highest BCUT2D eigenvalue weighted by Crippen LogP contribution is 2.39. The zero-order valence-electron chi connectivity index (χ0n) is 10.2. The minimum absolute atomic E-state index is 0.0615. The van der Waals surface area contributed by atoms with E-state index in [4.69, 9.17) is 5.11 Å². The number of carboxylic acids is 1. The summed E-state index contributed by atoms with van der Waals surface area (Å²) >= 11 is 4.95. The molecule has 0 saturated heterocycles. The Kier molecular flexibility index (Phi) is 4.75. The first-order valence-electron chi connectivity index (χ1n) is 5.37. The van der Waals surface area contributed by atoms with Crippen LogP contribution >= 0.6 is 27.3 Å². The molecule has 0 aliphatic carbocycles. The molecule has 0 aliphatic heterocycles. The maximum absolute atomic E-state index is 10.7. The number of hydrogen-bond donors (Lipinski definition) is 2. The molecule has 0 amide bonds. The van der Waals surface area contributed by atoms with Gasteiger partial charge in [-0.2, -0.15) is 0 Å². The van der Waals surface area contributed by atoms with Crippen LogP contribution < -0.4 is 0 Å². The van der Waals surface area contributed by atoms with E-state index in [9.17, 15) is 9.90 Å². The van der Waals surface area contributed by atoms with E-state index < -0.39 is 17.5 Å². The van der Waals surface area contributed by atoms with Crippen molar-refractivity contribution in [3.05, 3.63) is 20.3 Å². The fourth-order valence-electron chi connectivity index (χ4n) is 1.83. The van der Waals surface area contributed by atoms with Gasteiger partial charge in [0.2, 0.25) is 0 Å². The van der Waals surface area contributed by atoms with Crippen LogP contribution in [0.5, 0.6) is 0 Å². The average molecular weight is 321 g/mol. The molecule has 5 heteroatoms. The van der Waals surface area contributed by atoms with Crippen LogP contribution in [0, 0.1) is 12.3 Å². The lowest BCUT2D eigenvalue weighted by Gasteiger charge is -2.25. The van der Waals surface area contributed by atoms with Crippen molar-refractivity contribution in [2.75, 3.05) is 0 Å². The summed E-state index contributed by atoms with van der Waals surface area (Å²) in [5, 5.41) is 19.0. The van der Waals surface area contributed by atoms with Crippen LogP contribution in [-0.4, -0.2) is 16.2 Å². The number of carboxylic acid groups (broad SMARTS) is 1. The van der Waals surface area contributed by atoms with Gasteiger partial charge in [0, 0.05) is 14.2 Å². The number of halogens is 1. The summed E-state index contributed by atoms with van der Waals surface area (Å²) in [4.78, 5) is 12.7. The summed E-state index contributed by atoms with van der Waals surface area (Å²) in [6.45, 7) is 5.70. The lowest BCUT2D eigenvalue weighted by atomic mass is 9.83.